The van der Waals surface area contributed by atoms with Crippen molar-refractivity contribution in [2.45, 2.75) is 25.7 Å². The Morgan fingerprint density at radius 2 is 1.63 bits per heavy atom. The Bertz CT molecular complexity index is 882. The largest absolute Gasteiger partial charge is 0.480 e. The zero-order valence-electron chi connectivity index (χ0n) is 17.0. The molecule has 7 nitrogen and oxygen atoms in total. The summed E-state index contributed by atoms with van der Waals surface area (Å²) in [6, 6.07) is 16.3. The van der Waals surface area contributed by atoms with Gasteiger partial charge in [-0.05, 0) is 35.6 Å². The molecule has 0 unspecified atom stereocenters. The molecule has 30 heavy (non-hydrogen) atoms. The van der Waals surface area contributed by atoms with Gasteiger partial charge in [-0.1, -0.05) is 48.5 Å². The van der Waals surface area contributed by atoms with Crippen molar-refractivity contribution < 1.29 is 24.2 Å². The topological polar surface area (TPSA) is 95.9 Å². The van der Waals surface area contributed by atoms with Crippen molar-refractivity contribution >= 4 is 18.0 Å². The van der Waals surface area contributed by atoms with Crippen LogP contribution >= 0.6 is 0 Å². The van der Waals surface area contributed by atoms with Crippen LogP contribution in [-0.4, -0.2) is 54.2 Å². The summed E-state index contributed by atoms with van der Waals surface area (Å²) in [4.78, 5) is 36.1. The number of nitrogens with zero attached hydrogens (tertiary/aromatic N) is 1. The van der Waals surface area contributed by atoms with Gasteiger partial charge in [-0.15, -0.1) is 0 Å². The molecule has 2 N–H and O–H groups in total. The lowest BCUT2D eigenvalue weighted by Crippen LogP contribution is -2.36. The minimum Gasteiger partial charge on any atom is -0.480 e. The lowest BCUT2D eigenvalue weighted by Gasteiger charge is -2.18. The lowest BCUT2D eigenvalue weighted by molar-refractivity contribution is -0.144. The second-order valence-corrected chi connectivity index (χ2v) is 7.16. The lowest BCUT2D eigenvalue weighted by atomic mass is 9.98. The van der Waals surface area contributed by atoms with E-state index in [4.69, 9.17) is 9.84 Å². The molecule has 0 atom stereocenters. The molecular weight excluding hydrogens is 384 g/mol. The van der Waals surface area contributed by atoms with Gasteiger partial charge < -0.3 is 20.1 Å². The third-order valence-corrected chi connectivity index (χ3v) is 5.24. The number of alkyl carbamates (subject to hydrolysis) is 1. The normalized spacial score (nSPS) is 12.0. The Balaban J connectivity index is 1.46. The van der Waals surface area contributed by atoms with E-state index < -0.39 is 12.1 Å². The summed E-state index contributed by atoms with van der Waals surface area (Å²) < 4.78 is 5.44. The first kappa shape index (κ1) is 21.4. The summed E-state index contributed by atoms with van der Waals surface area (Å²) in [5.41, 5.74) is 4.63. The molecule has 0 radical (unpaired) electrons. The first-order valence-corrected chi connectivity index (χ1v) is 10.1. The van der Waals surface area contributed by atoms with E-state index in [1.165, 1.54) is 16.0 Å². The van der Waals surface area contributed by atoms with E-state index in [0.717, 1.165) is 11.1 Å². The Morgan fingerprint density at radius 1 is 1.03 bits per heavy atom. The van der Waals surface area contributed by atoms with E-state index in [-0.39, 0.29) is 37.9 Å². The van der Waals surface area contributed by atoms with Crippen LogP contribution in [0.15, 0.2) is 48.5 Å². The molecule has 0 spiro atoms. The fraction of sp³-hybridized carbons (Fsp3) is 0.348. The van der Waals surface area contributed by atoms with Crippen LogP contribution in [0.25, 0.3) is 11.1 Å². The molecule has 1 aliphatic carbocycles. The Morgan fingerprint density at radius 3 is 2.20 bits per heavy atom. The third-order valence-electron chi connectivity index (χ3n) is 5.24. The molecule has 0 heterocycles. The second-order valence-electron chi connectivity index (χ2n) is 7.16. The predicted octanol–water partition coefficient (Wildman–Crippen LogP) is 3.24. The fourth-order valence-corrected chi connectivity index (χ4v) is 3.78. The van der Waals surface area contributed by atoms with Crippen molar-refractivity contribution in [2.24, 2.45) is 0 Å². The average Bonchev–Trinajstić information content (AvgIpc) is 3.07. The van der Waals surface area contributed by atoms with Gasteiger partial charge in [0.15, 0.2) is 0 Å². The molecule has 0 aliphatic heterocycles. The molecule has 2 aromatic rings. The van der Waals surface area contributed by atoms with Crippen molar-refractivity contribution in [1.82, 2.24) is 10.2 Å². The van der Waals surface area contributed by atoms with Gasteiger partial charge in [0, 0.05) is 25.4 Å². The molecule has 2 amide bonds. The van der Waals surface area contributed by atoms with Gasteiger partial charge in [0.25, 0.3) is 0 Å². The van der Waals surface area contributed by atoms with Crippen molar-refractivity contribution in [2.75, 3.05) is 26.2 Å². The SMILES string of the molecule is CCN(CC(=O)O)C(=O)CCCNC(=O)OCC1c2ccccc2-c2ccccc21. The van der Waals surface area contributed by atoms with Crippen LogP contribution in [0.1, 0.15) is 36.8 Å². The Labute approximate surface area is 175 Å². The number of rotatable bonds is 9. The molecule has 158 valence electrons. The number of aliphatic carboxylic acids is 1. The number of carboxylic acids is 1. The van der Waals surface area contributed by atoms with E-state index in [1.807, 2.05) is 24.3 Å². The van der Waals surface area contributed by atoms with Crippen molar-refractivity contribution in [3.8, 4) is 11.1 Å². The summed E-state index contributed by atoms with van der Waals surface area (Å²) in [6.45, 7) is 2.28. The number of carbonyl (C=O) groups is 3. The van der Waals surface area contributed by atoms with Crippen LogP contribution in [0.4, 0.5) is 4.79 Å². The highest BCUT2D eigenvalue weighted by atomic mass is 16.5. The maximum Gasteiger partial charge on any atom is 0.407 e. The first-order chi connectivity index (χ1) is 14.5. The molecule has 2 aromatic carbocycles. The highest BCUT2D eigenvalue weighted by molar-refractivity contribution is 5.81. The van der Waals surface area contributed by atoms with Crippen LogP contribution in [0, 0.1) is 0 Å². The summed E-state index contributed by atoms with van der Waals surface area (Å²) in [7, 11) is 0. The number of amides is 2. The van der Waals surface area contributed by atoms with Gasteiger partial charge >= 0.3 is 12.1 Å². The zero-order chi connectivity index (χ0) is 21.5. The highest BCUT2D eigenvalue weighted by Gasteiger charge is 2.28. The van der Waals surface area contributed by atoms with E-state index in [0.29, 0.717) is 13.0 Å². The zero-order valence-corrected chi connectivity index (χ0v) is 17.0. The number of hydrogen-bond acceptors (Lipinski definition) is 4. The Kier molecular flexibility index (Phi) is 7.06. The van der Waals surface area contributed by atoms with Crippen LogP contribution in [0.3, 0.4) is 0 Å². The number of carboxylic acid groups (broad SMARTS) is 1. The summed E-state index contributed by atoms with van der Waals surface area (Å²) in [5, 5.41) is 11.5. The molecule has 0 bridgehead atoms. The number of carbonyl (C=O) groups excluding carboxylic acids is 2. The number of ether oxygens (including phenoxy) is 1. The number of benzene rings is 2. The molecule has 7 heteroatoms. The van der Waals surface area contributed by atoms with Gasteiger partial charge in [0.2, 0.25) is 5.91 Å². The monoisotopic (exact) mass is 410 g/mol. The van der Waals surface area contributed by atoms with Crippen LogP contribution < -0.4 is 5.32 Å². The molecule has 0 saturated heterocycles. The molecule has 0 fully saturated rings. The second kappa shape index (κ2) is 9.91. The van der Waals surface area contributed by atoms with E-state index in [9.17, 15) is 14.4 Å². The molecule has 3 rings (SSSR count). The minimum absolute atomic E-state index is 0.00106. The van der Waals surface area contributed by atoms with Crippen LogP contribution in [0.2, 0.25) is 0 Å². The van der Waals surface area contributed by atoms with Crippen molar-refractivity contribution in [3.63, 3.8) is 0 Å². The Hall–Kier alpha value is -3.35. The van der Waals surface area contributed by atoms with Gasteiger partial charge in [-0.25, -0.2) is 4.79 Å². The number of nitrogens with one attached hydrogen (secondary N) is 1. The summed E-state index contributed by atoms with van der Waals surface area (Å²) in [5.74, 6) is -1.28. The van der Waals surface area contributed by atoms with E-state index >= 15 is 0 Å². The van der Waals surface area contributed by atoms with Gasteiger partial charge in [0.05, 0.1) is 0 Å². The predicted molar refractivity (Wildman–Crippen MR) is 112 cm³/mol. The number of fused-ring (bicyclic) bond motifs is 3. The van der Waals surface area contributed by atoms with Gasteiger partial charge in [0.1, 0.15) is 13.2 Å². The van der Waals surface area contributed by atoms with E-state index in [2.05, 4.69) is 29.6 Å². The quantitative estimate of drug-likeness (QED) is 0.619. The van der Waals surface area contributed by atoms with Crippen molar-refractivity contribution in [3.05, 3.63) is 59.7 Å². The van der Waals surface area contributed by atoms with E-state index in [1.54, 1.807) is 6.92 Å². The number of hydrogen-bond donors (Lipinski definition) is 2. The maximum absolute atomic E-state index is 12.1. The first-order valence-electron chi connectivity index (χ1n) is 10.1. The molecular formula is C23H26N2O5. The van der Waals surface area contributed by atoms with Crippen LogP contribution in [-0.2, 0) is 14.3 Å². The number of likely N-dealkylation sites (N-methyl/N-ethyl adjacent to an activating group) is 1. The molecule has 0 saturated carbocycles. The van der Waals surface area contributed by atoms with Gasteiger partial charge in [-0.2, -0.15) is 0 Å². The third kappa shape index (κ3) is 4.97. The highest BCUT2D eigenvalue weighted by Crippen LogP contribution is 2.44. The standard InChI is InChI=1S/C23H26N2O5/c1-2-25(14-22(27)28)21(26)12-7-13-24-23(29)30-15-20-18-10-5-3-8-16(18)17-9-4-6-11-19(17)20/h3-6,8-11,20H,2,7,12-15H2,1H3,(H,24,29)(H,27,28). The maximum atomic E-state index is 12.1. The smallest absolute Gasteiger partial charge is 0.407 e. The van der Waals surface area contributed by atoms with Crippen LogP contribution in [0.5, 0.6) is 0 Å². The van der Waals surface area contributed by atoms with Crippen molar-refractivity contribution in [1.29, 1.82) is 0 Å². The molecule has 0 aromatic heterocycles. The fourth-order valence-electron chi connectivity index (χ4n) is 3.78. The molecule has 1 aliphatic rings. The summed E-state index contributed by atoms with van der Waals surface area (Å²) in [6.07, 6.45) is 0.0615. The van der Waals surface area contributed by atoms with Gasteiger partial charge in [-0.3, -0.25) is 9.59 Å². The minimum atomic E-state index is -1.04. The average molecular weight is 410 g/mol. The summed E-state index contributed by atoms with van der Waals surface area (Å²) >= 11 is 0.